The van der Waals surface area contributed by atoms with Crippen LogP contribution in [0.2, 0.25) is 0 Å². The minimum absolute atomic E-state index is 0.237. The van der Waals surface area contributed by atoms with Gasteiger partial charge in [0.05, 0.1) is 28.2 Å². The van der Waals surface area contributed by atoms with Crippen molar-refractivity contribution in [3.8, 4) is 16.3 Å². The largest absolute Gasteiger partial charge is 0.508 e. The zero-order valence-corrected chi connectivity index (χ0v) is 16.1. The Labute approximate surface area is 164 Å². The summed E-state index contributed by atoms with van der Waals surface area (Å²) in [5, 5.41) is 18.4. The van der Waals surface area contributed by atoms with E-state index in [9.17, 15) is 5.11 Å². The summed E-state index contributed by atoms with van der Waals surface area (Å²) in [5.41, 5.74) is 3.55. The zero-order valence-electron chi connectivity index (χ0n) is 14.5. The van der Waals surface area contributed by atoms with Crippen molar-refractivity contribution >= 4 is 34.1 Å². The second kappa shape index (κ2) is 7.69. The molecule has 0 aliphatic carbocycles. The van der Waals surface area contributed by atoms with Gasteiger partial charge in [-0.2, -0.15) is 5.10 Å². The van der Waals surface area contributed by atoms with Crippen LogP contribution in [0.25, 0.3) is 10.6 Å². The lowest BCUT2D eigenvalue weighted by atomic mass is 10.1. The molecule has 0 aliphatic heterocycles. The average molecular weight is 393 g/mol. The number of hydrogen-bond acceptors (Lipinski definition) is 6. The van der Waals surface area contributed by atoms with Crippen LogP contribution in [0.3, 0.4) is 0 Å². The number of phenolic OH excluding ortho intramolecular Hbond substituents is 1. The maximum atomic E-state index is 9.51. The first-order chi connectivity index (χ1) is 13.2. The highest BCUT2D eigenvalue weighted by Crippen LogP contribution is 2.25. The molecule has 27 heavy (non-hydrogen) atoms. The summed E-state index contributed by atoms with van der Waals surface area (Å²) >= 11 is 3.20. The molecule has 3 heterocycles. The van der Waals surface area contributed by atoms with E-state index in [1.165, 1.54) is 11.3 Å². The SMILES string of the molecule is CC(=Nn1c(-c2cccs2)csc1=Nc1cccnc1)c1ccc(O)cc1. The predicted octanol–water partition coefficient (Wildman–Crippen LogP) is 4.88. The standard InChI is InChI=1S/C20H16N4OS2/c1-14(15-6-8-17(25)9-7-15)23-24-18(19-5-3-11-26-19)13-27-20(24)22-16-4-2-10-21-12-16/h2-13,25H,1H3. The van der Waals surface area contributed by atoms with Gasteiger partial charge in [-0.1, -0.05) is 6.07 Å². The first-order valence-corrected chi connectivity index (χ1v) is 10.0. The van der Waals surface area contributed by atoms with Crippen molar-refractivity contribution in [2.75, 3.05) is 0 Å². The molecular weight excluding hydrogens is 376 g/mol. The average Bonchev–Trinajstić information content (AvgIpc) is 3.34. The quantitative estimate of drug-likeness (QED) is 0.503. The fourth-order valence-electron chi connectivity index (χ4n) is 2.51. The lowest BCUT2D eigenvalue weighted by Gasteiger charge is -2.05. The van der Waals surface area contributed by atoms with Crippen molar-refractivity contribution in [2.24, 2.45) is 10.1 Å². The number of aromatic nitrogens is 2. The lowest BCUT2D eigenvalue weighted by Crippen LogP contribution is -2.13. The zero-order chi connectivity index (χ0) is 18.6. The monoisotopic (exact) mass is 392 g/mol. The Morgan fingerprint density at radius 1 is 1.07 bits per heavy atom. The summed E-state index contributed by atoms with van der Waals surface area (Å²) in [6.07, 6.45) is 3.46. The van der Waals surface area contributed by atoms with Crippen LogP contribution in [0.4, 0.5) is 5.69 Å². The topological polar surface area (TPSA) is 62.8 Å². The van der Waals surface area contributed by atoms with Crippen LogP contribution in [0.15, 0.2) is 81.8 Å². The van der Waals surface area contributed by atoms with Gasteiger partial charge in [0.25, 0.3) is 0 Å². The summed E-state index contributed by atoms with van der Waals surface area (Å²) in [6.45, 7) is 1.95. The van der Waals surface area contributed by atoms with Gasteiger partial charge in [0.2, 0.25) is 4.80 Å². The molecule has 7 heteroatoms. The van der Waals surface area contributed by atoms with Crippen LogP contribution < -0.4 is 4.80 Å². The van der Waals surface area contributed by atoms with Crippen LogP contribution >= 0.6 is 22.7 Å². The molecule has 0 atom stereocenters. The van der Waals surface area contributed by atoms with Crippen LogP contribution in [0.5, 0.6) is 5.75 Å². The highest BCUT2D eigenvalue weighted by atomic mass is 32.1. The van der Waals surface area contributed by atoms with Crippen LogP contribution in [-0.2, 0) is 0 Å². The molecule has 0 amide bonds. The van der Waals surface area contributed by atoms with Crippen LogP contribution in [0.1, 0.15) is 12.5 Å². The normalized spacial score (nSPS) is 12.5. The molecule has 1 aromatic carbocycles. The highest BCUT2D eigenvalue weighted by Gasteiger charge is 2.10. The number of benzene rings is 1. The molecule has 0 aliphatic rings. The van der Waals surface area contributed by atoms with Gasteiger partial charge in [-0.3, -0.25) is 4.98 Å². The number of hydrogen-bond donors (Lipinski definition) is 1. The molecule has 0 spiro atoms. The van der Waals surface area contributed by atoms with E-state index >= 15 is 0 Å². The van der Waals surface area contributed by atoms with Gasteiger partial charge in [-0.15, -0.1) is 22.7 Å². The van der Waals surface area contributed by atoms with Gasteiger partial charge in [-0.05, 0) is 60.3 Å². The maximum absolute atomic E-state index is 9.51. The fourth-order valence-corrected chi connectivity index (χ4v) is 4.15. The first-order valence-electron chi connectivity index (χ1n) is 8.25. The number of pyridine rings is 1. The van der Waals surface area contributed by atoms with Gasteiger partial charge in [0.15, 0.2) is 0 Å². The van der Waals surface area contributed by atoms with Crippen LogP contribution in [-0.4, -0.2) is 20.5 Å². The van der Waals surface area contributed by atoms with Crippen molar-refractivity contribution in [1.82, 2.24) is 9.66 Å². The van der Waals surface area contributed by atoms with E-state index in [4.69, 9.17) is 10.1 Å². The molecule has 3 aromatic heterocycles. The number of thiophene rings is 1. The fraction of sp³-hybridized carbons (Fsp3) is 0.0500. The van der Waals surface area contributed by atoms with Crippen molar-refractivity contribution < 1.29 is 5.11 Å². The lowest BCUT2D eigenvalue weighted by molar-refractivity contribution is 0.475. The van der Waals surface area contributed by atoms with Gasteiger partial charge < -0.3 is 5.11 Å². The number of rotatable bonds is 4. The van der Waals surface area contributed by atoms with Crippen molar-refractivity contribution in [3.63, 3.8) is 0 Å². The molecule has 4 aromatic rings. The molecule has 0 radical (unpaired) electrons. The maximum Gasteiger partial charge on any atom is 0.211 e. The third-order valence-electron chi connectivity index (χ3n) is 3.86. The van der Waals surface area contributed by atoms with E-state index in [-0.39, 0.29) is 5.75 Å². The molecule has 0 bridgehead atoms. The van der Waals surface area contributed by atoms with E-state index in [1.807, 2.05) is 47.3 Å². The molecule has 0 saturated carbocycles. The Morgan fingerprint density at radius 2 is 1.93 bits per heavy atom. The number of nitrogens with zero attached hydrogens (tertiary/aromatic N) is 4. The number of thiazole rings is 1. The van der Waals surface area contributed by atoms with E-state index in [1.54, 1.807) is 35.9 Å². The summed E-state index contributed by atoms with van der Waals surface area (Å²) in [7, 11) is 0. The predicted molar refractivity (Wildman–Crippen MR) is 111 cm³/mol. The minimum atomic E-state index is 0.237. The summed E-state index contributed by atoms with van der Waals surface area (Å²) < 4.78 is 1.87. The molecule has 4 rings (SSSR count). The Hall–Kier alpha value is -3.03. The van der Waals surface area contributed by atoms with Gasteiger partial charge >= 0.3 is 0 Å². The third-order valence-corrected chi connectivity index (χ3v) is 5.57. The van der Waals surface area contributed by atoms with E-state index in [0.717, 1.165) is 32.3 Å². The molecule has 0 unspecified atom stereocenters. The smallest absolute Gasteiger partial charge is 0.211 e. The molecule has 0 fully saturated rings. The second-order valence-electron chi connectivity index (χ2n) is 5.75. The summed E-state index contributed by atoms with van der Waals surface area (Å²) in [4.78, 5) is 10.7. The molecule has 134 valence electrons. The molecule has 0 saturated heterocycles. The Kier molecular flexibility index (Phi) is 4.95. The summed E-state index contributed by atoms with van der Waals surface area (Å²) in [5.74, 6) is 0.237. The van der Waals surface area contributed by atoms with Crippen molar-refractivity contribution in [3.05, 3.63) is 82.0 Å². The van der Waals surface area contributed by atoms with Crippen molar-refractivity contribution in [1.29, 1.82) is 0 Å². The van der Waals surface area contributed by atoms with Crippen LogP contribution in [0, 0.1) is 0 Å². The number of phenols is 1. The molecule has 5 nitrogen and oxygen atoms in total. The minimum Gasteiger partial charge on any atom is -0.508 e. The van der Waals surface area contributed by atoms with Gasteiger partial charge in [0, 0.05) is 11.6 Å². The summed E-state index contributed by atoms with van der Waals surface area (Å²) in [6, 6.07) is 14.9. The molecule has 1 N–H and O–H groups in total. The van der Waals surface area contributed by atoms with E-state index in [2.05, 4.69) is 16.4 Å². The van der Waals surface area contributed by atoms with Crippen molar-refractivity contribution in [2.45, 2.75) is 6.92 Å². The van der Waals surface area contributed by atoms with E-state index in [0.29, 0.717) is 0 Å². The highest BCUT2D eigenvalue weighted by molar-refractivity contribution is 7.14. The second-order valence-corrected chi connectivity index (χ2v) is 7.53. The Bertz CT molecular complexity index is 1120. The van der Waals surface area contributed by atoms with Gasteiger partial charge in [0.1, 0.15) is 5.75 Å². The number of aromatic hydroxyl groups is 1. The third kappa shape index (κ3) is 3.89. The van der Waals surface area contributed by atoms with Gasteiger partial charge in [-0.25, -0.2) is 9.67 Å². The van der Waals surface area contributed by atoms with E-state index < -0.39 is 0 Å². The first kappa shape index (κ1) is 17.4. The Morgan fingerprint density at radius 3 is 2.63 bits per heavy atom. The molecular formula is C20H16N4OS2. The Balaban J connectivity index is 1.86.